The lowest BCUT2D eigenvalue weighted by atomic mass is 9.80. The van der Waals surface area contributed by atoms with Crippen LogP contribution in [0.1, 0.15) is 46.1 Å². The van der Waals surface area contributed by atoms with Crippen molar-refractivity contribution in [1.82, 2.24) is 4.90 Å². The van der Waals surface area contributed by atoms with Crippen molar-refractivity contribution in [2.24, 2.45) is 11.3 Å². The Kier molecular flexibility index (Phi) is 4.74. The fourth-order valence-electron chi connectivity index (χ4n) is 3.12. The van der Waals surface area contributed by atoms with Crippen molar-refractivity contribution in [3.05, 3.63) is 29.8 Å². The maximum absolute atomic E-state index is 9.30. The van der Waals surface area contributed by atoms with Crippen LogP contribution in [0.25, 0.3) is 0 Å². The van der Waals surface area contributed by atoms with Crippen LogP contribution in [-0.4, -0.2) is 29.1 Å². The Bertz CT molecular complexity index is 418. The van der Waals surface area contributed by atoms with E-state index in [4.69, 9.17) is 0 Å². The van der Waals surface area contributed by atoms with Crippen LogP contribution in [0.5, 0.6) is 5.75 Å². The predicted octanol–water partition coefficient (Wildman–Crippen LogP) is 4.08. The highest BCUT2D eigenvalue weighted by atomic mass is 16.3. The number of aromatic hydroxyl groups is 1. The maximum Gasteiger partial charge on any atom is 0.115 e. The molecule has 0 amide bonds. The summed E-state index contributed by atoms with van der Waals surface area (Å²) in [5.74, 6) is 1.19. The summed E-state index contributed by atoms with van der Waals surface area (Å²) in [7, 11) is 0. The number of nitrogens with zero attached hydrogens (tertiary/aromatic N) is 1. The molecule has 0 aliphatic carbocycles. The number of hydrogen-bond donors (Lipinski definition) is 1. The van der Waals surface area contributed by atoms with Crippen LogP contribution in [0, 0.1) is 11.3 Å². The summed E-state index contributed by atoms with van der Waals surface area (Å²) in [6, 6.07) is 8.28. The Hall–Kier alpha value is -1.02. The lowest BCUT2D eigenvalue weighted by Crippen LogP contribution is -2.33. The normalized spacial score (nSPS) is 22.1. The summed E-state index contributed by atoms with van der Waals surface area (Å²) in [4.78, 5) is 2.65. The van der Waals surface area contributed by atoms with Gasteiger partial charge in [-0.2, -0.15) is 0 Å². The molecule has 1 aromatic rings. The number of phenols is 1. The van der Waals surface area contributed by atoms with Gasteiger partial charge in [-0.25, -0.2) is 0 Å². The van der Waals surface area contributed by atoms with Crippen LogP contribution in [0.4, 0.5) is 0 Å². The fraction of sp³-hybridized carbons (Fsp3) is 0.667. The lowest BCUT2D eigenvalue weighted by Gasteiger charge is -2.29. The first-order valence-corrected chi connectivity index (χ1v) is 7.88. The molecule has 20 heavy (non-hydrogen) atoms. The smallest absolute Gasteiger partial charge is 0.115 e. The summed E-state index contributed by atoms with van der Waals surface area (Å²) in [6.45, 7) is 11.9. The quantitative estimate of drug-likeness (QED) is 0.895. The molecule has 0 spiro atoms. The molecule has 0 radical (unpaired) electrons. The Morgan fingerprint density at radius 1 is 1.25 bits per heavy atom. The first-order chi connectivity index (χ1) is 9.36. The van der Waals surface area contributed by atoms with Gasteiger partial charge in [0.2, 0.25) is 0 Å². The first kappa shape index (κ1) is 15.4. The van der Waals surface area contributed by atoms with E-state index in [1.54, 1.807) is 12.1 Å². The summed E-state index contributed by atoms with van der Waals surface area (Å²) in [6.07, 6.45) is 3.63. The van der Waals surface area contributed by atoms with E-state index in [-0.39, 0.29) is 0 Å². The fourth-order valence-corrected chi connectivity index (χ4v) is 3.12. The van der Waals surface area contributed by atoms with E-state index in [2.05, 4.69) is 32.6 Å². The van der Waals surface area contributed by atoms with E-state index in [1.165, 1.54) is 31.5 Å². The summed E-state index contributed by atoms with van der Waals surface area (Å²) in [5, 5.41) is 9.30. The largest absolute Gasteiger partial charge is 0.508 e. The number of likely N-dealkylation sites (tertiary alicyclic amines) is 1. The molecule has 2 unspecified atom stereocenters. The van der Waals surface area contributed by atoms with Gasteiger partial charge in [-0.1, -0.05) is 32.9 Å². The van der Waals surface area contributed by atoms with Gasteiger partial charge in [-0.05, 0) is 61.8 Å². The summed E-state index contributed by atoms with van der Waals surface area (Å²) in [5.41, 5.74) is 1.76. The zero-order chi connectivity index (χ0) is 14.8. The highest BCUT2D eigenvalue weighted by Crippen LogP contribution is 2.34. The first-order valence-electron chi connectivity index (χ1n) is 7.88. The van der Waals surface area contributed by atoms with Crippen LogP contribution < -0.4 is 0 Å². The van der Waals surface area contributed by atoms with Gasteiger partial charge in [0.05, 0.1) is 0 Å². The van der Waals surface area contributed by atoms with Crippen molar-refractivity contribution < 1.29 is 5.11 Å². The molecule has 2 heteroatoms. The molecule has 1 heterocycles. The molecular weight excluding hydrogens is 246 g/mol. The maximum atomic E-state index is 9.30. The van der Waals surface area contributed by atoms with Gasteiger partial charge in [0.15, 0.2) is 0 Å². The minimum Gasteiger partial charge on any atom is -0.508 e. The monoisotopic (exact) mass is 275 g/mol. The van der Waals surface area contributed by atoms with Gasteiger partial charge in [-0.3, -0.25) is 0 Å². The van der Waals surface area contributed by atoms with E-state index in [0.717, 1.165) is 12.3 Å². The molecule has 112 valence electrons. The van der Waals surface area contributed by atoms with E-state index in [0.29, 0.717) is 17.2 Å². The summed E-state index contributed by atoms with van der Waals surface area (Å²) < 4.78 is 0. The Morgan fingerprint density at radius 3 is 2.45 bits per heavy atom. The standard InChI is InChI=1S/C18H29NO/c1-14(5-6-15-7-9-17(20)10-8-15)19-12-11-16(13-19)18(2,3)4/h7-10,14,16,20H,5-6,11-13H2,1-4H3. The average molecular weight is 275 g/mol. The number of aryl methyl sites for hydroxylation is 1. The topological polar surface area (TPSA) is 23.5 Å². The Morgan fingerprint density at radius 2 is 1.90 bits per heavy atom. The van der Waals surface area contributed by atoms with Gasteiger partial charge in [0, 0.05) is 12.6 Å². The Labute approximate surface area is 123 Å². The van der Waals surface area contributed by atoms with E-state index < -0.39 is 0 Å². The van der Waals surface area contributed by atoms with E-state index >= 15 is 0 Å². The van der Waals surface area contributed by atoms with Crippen molar-refractivity contribution in [3.63, 3.8) is 0 Å². The second-order valence-corrected chi connectivity index (χ2v) is 7.40. The molecule has 1 saturated heterocycles. The molecule has 1 aromatic carbocycles. The molecule has 0 saturated carbocycles. The average Bonchev–Trinajstić information content (AvgIpc) is 2.87. The van der Waals surface area contributed by atoms with E-state index in [9.17, 15) is 5.11 Å². The molecule has 1 aliphatic rings. The third-order valence-electron chi connectivity index (χ3n) is 4.85. The molecular formula is C18H29NO. The van der Waals surface area contributed by atoms with Crippen molar-refractivity contribution in [3.8, 4) is 5.75 Å². The Balaban J connectivity index is 1.81. The number of phenolic OH excluding ortho intramolecular Hbond substituents is 1. The lowest BCUT2D eigenvalue weighted by molar-refractivity contribution is 0.196. The zero-order valence-electron chi connectivity index (χ0n) is 13.4. The SMILES string of the molecule is CC(CCc1ccc(O)cc1)N1CCC(C(C)(C)C)C1. The number of benzene rings is 1. The van der Waals surface area contributed by atoms with Gasteiger partial charge in [0.1, 0.15) is 5.75 Å². The third-order valence-corrected chi connectivity index (χ3v) is 4.85. The second kappa shape index (κ2) is 6.17. The van der Waals surface area contributed by atoms with Crippen molar-refractivity contribution in [1.29, 1.82) is 0 Å². The van der Waals surface area contributed by atoms with Crippen molar-refractivity contribution >= 4 is 0 Å². The molecule has 2 rings (SSSR count). The zero-order valence-corrected chi connectivity index (χ0v) is 13.4. The molecule has 1 fully saturated rings. The van der Waals surface area contributed by atoms with Gasteiger partial charge in [0.25, 0.3) is 0 Å². The van der Waals surface area contributed by atoms with Crippen molar-refractivity contribution in [2.45, 2.75) is 53.0 Å². The van der Waals surface area contributed by atoms with Crippen LogP contribution in [0.2, 0.25) is 0 Å². The number of rotatable bonds is 4. The molecule has 1 N–H and O–H groups in total. The van der Waals surface area contributed by atoms with Crippen LogP contribution in [-0.2, 0) is 6.42 Å². The van der Waals surface area contributed by atoms with Crippen LogP contribution >= 0.6 is 0 Å². The highest BCUT2D eigenvalue weighted by Gasteiger charge is 2.33. The van der Waals surface area contributed by atoms with Gasteiger partial charge >= 0.3 is 0 Å². The molecule has 2 nitrogen and oxygen atoms in total. The van der Waals surface area contributed by atoms with E-state index in [1.807, 2.05) is 12.1 Å². The minimum absolute atomic E-state index is 0.356. The number of hydrogen-bond acceptors (Lipinski definition) is 2. The predicted molar refractivity (Wildman–Crippen MR) is 85.0 cm³/mol. The highest BCUT2D eigenvalue weighted by molar-refractivity contribution is 5.25. The summed E-state index contributed by atoms with van der Waals surface area (Å²) >= 11 is 0. The second-order valence-electron chi connectivity index (χ2n) is 7.40. The molecule has 1 aliphatic heterocycles. The minimum atomic E-state index is 0.356. The van der Waals surface area contributed by atoms with Crippen LogP contribution in [0.15, 0.2) is 24.3 Å². The molecule has 0 bridgehead atoms. The van der Waals surface area contributed by atoms with Crippen molar-refractivity contribution in [2.75, 3.05) is 13.1 Å². The molecule has 0 aromatic heterocycles. The molecule has 2 atom stereocenters. The van der Waals surface area contributed by atoms with Gasteiger partial charge < -0.3 is 10.0 Å². The van der Waals surface area contributed by atoms with Crippen LogP contribution in [0.3, 0.4) is 0 Å². The third kappa shape index (κ3) is 3.99. The van der Waals surface area contributed by atoms with Gasteiger partial charge in [-0.15, -0.1) is 0 Å².